The van der Waals surface area contributed by atoms with Gasteiger partial charge in [0.2, 0.25) is 0 Å². The van der Waals surface area contributed by atoms with Crippen LogP contribution in [0.15, 0.2) is 36.4 Å². The second-order valence-electron chi connectivity index (χ2n) is 5.14. The average Bonchev–Trinajstić information content (AvgIpc) is 2.56. The molecular formula is C18H17ClF3NO3. The zero-order chi connectivity index (χ0) is 19.3. The number of benzene rings is 2. The van der Waals surface area contributed by atoms with E-state index in [2.05, 4.69) is 5.32 Å². The van der Waals surface area contributed by atoms with Gasteiger partial charge in [-0.3, -0.25) is 4.79 Å². The molecule has 0 unspecified atom stereocenters. The number of alkyl halides is 3. The first kappa shape index (κ1) is 19.9. The minimum absolute atomic E-state index is 0.0412. The van der Waals surface area contributed by atoms with Crippen molar-refractivity contribution in [3.05, 3.63) is 52.5 Å². The molecule has 0 spiro atoms. The number of carbonyl (C=O) groups excluding carboxylic acids is 1. The lowest BCUT2D eigenvalue weighted by Gasteiger charge is -2.16. The first-order chi connectivity index (χ1) is 12.3. The maximum absolute atomic E-state index is 13.0. The second kappa shape index (κ2) is 8.31. The van der Waals surface area contributed by atoms with Crippen LogP contribution in [0.25, 0.3) is 0 Å². The number of nitrogens with one attached hydrogen (secondary N) is 1. The molecule has 0 fully saturated rings. The van der Waals surface area contributed by atoms with Crippen molar-refractivity contribution in [2.45, 2.75) is 20.0 Å². The number of anilines is 1. The molecule has 0 aliphatic heterocycles. The highest BCUT2D eigenvalue weighted by atomic mass is 35.5. The summed E-state index contributed by atoms with van der Waals surface area (Å²) in [6, 6.07) is 7.99. The van der Waals surface area contributed by atoms with Gasteiger partial charge in [0.15, 0.2) is 0 Å². The Hall–Kier alpha value is -2.41. The maximum atomic E-state index is 13.0. The third-order valence-electron chi connectivity index (χ3n) is 3.34. The SMILES string of the molecule is CCOc1cccc(OCC)c1C(=O)Nc1ccc(Cl)c(C(F)(F)F)c1. The molecule has 4 nitrogen and oxygen atoms in total. The van der Waals surface area contributed by atoms with Crippen molar-refractivity contribution < 1.29 is 27.4 Å². The van der Waals surface area contributed by atoms with E-state index in [1.807, 2.05) is 0 Å². The first-order valence-corrected chi connectivity index (χ1v) is 8.22. The Kier molecular flexibility index (Phi) is 6.37. The monoisotopic (exact) mass is 387 g/mol. The van der Waals surface area contributed by atoms with Gasteiger partial charge in [-0.2, -0.15) is 13.2 Å². The summed E-state index contributed by atoms with van der Waals surface area (Å²) in [7, 11) is 0. The predicted molar refractivity (Wildman–Crippen MR) is 93.2 cm³/mol. The van der Waals surface area contributed by atoms with Gasteiger partial charge in [-0.05, 0) is 44.2 Å². The van der Waals surface area contributed by atoms with Gasteiger partial charge in [0, 0.05) is 5.69 Å². The third kappa shape index (κ3) is 4.60. The van der Waals surface area contributed by atoms with Crippen molar-refractivity contribution in [1.29, 1.82) is 0 Å². The lowest BCUT2D eigenvalue weighted by atomic mass is 10.1. The Bertz CT molecular complexity index is 769. The largest absolute Gasteiger partial charge is 0.493 e. The van der Waals surface area contributed by atoms with Crippen molar-refractivity contribution in [1.82, 2.24) is 0 Å². The molecule has 0 aromatic heterocycles. The summed E-state index contributed by atoms with van der Waals surface area (Å²) in [4.78, 5) is 12.7. The van der Waals surface area contributed by atoms with Gasteiger partial charge < -0.3 is 14.8 Å². The van der Waals surface area contributed by atoms with Crippen LogP contribution in [0.4, 0.5) is 18.9 Å². The predicted octanol–water partition coefficient (Wildman–Crippen LogP) is 5.41. The highest BCUT2D eigenvalue weighted by molar-refractivity contribution is 6.31. The first-order valence-electron chi connectivity index (χ1n) is 7.84. The molecular weight excluding hydrogens is 371 g/mol. The van der Waals surface area contributed by atoms with E-state index in [1.54, 1.807) is 32.0 Å². The topological polar surface area (TPSA) is 47.6 Å². The molecule has 8 heteroatoms. The van der Waals surface area contributed by atoms with E-state index in [-0.39, 0.29) is 22.7 Å². The number of rotatable bonds is 6. The van der Waals surface area contributed by atoms with Crippen molar-refractivity contribution >= 4 is 23.2 Å². The third-order valence-corrected chi connectivity index (χ3v) is 3.67. The van der Waals surface area contributed by atoms with Crippen LogP contribution in [-0.2, 0) is 6.18 Å². The molecule has 0 heterocycles. The smallest absolute Gasteiger partial charge is 0.417 e. The average molecular weight is 388 g/mol. The van der Waals surface area contributed by atoms with Crippen LogP contribution >= 0.6 is 11.6 Å². The highest BCUT2D eigenvalue weighted by Gasteiger charge is 2.33. The van der Waals surface area contributed by atoms with Crippen LogP contribution in [0.5, 0.6) is 11.5 Å². The maximum Gasteiger partial charge on any atom is 0.417 e. The van der Waals surface area contributed by atoms with Crippen molar-refractivity contribution in [2.24, 2.45) is 0 Å². The van der Waals surface area contributed by atoms with Crippen LogP contribution in [-0.4, -0.2) is 19.1 Å². The standard InChI is InChI=1S/C18H17ClF3NO3/c1-3-25-14-6-5-7-15(26-4-2)16(14)17(24)23-11-8-9-13(19)12(10-11)18(20,21)22/h5-10H,3-4H2,1-2H3,(H,23,24). The van der Waals surface area contributed by atoms with E-state index in [0.29, 0.717) is 13.2 Å². The molecule has 0 saturated heterocycles. The number of hydrogen-bond donors (Lipinski definition) is 1. The van der Waals surface area contributed by atoms with Crippen LogP contribution in [0.2, 0.25) is 5.02 Å². The quantitative estimate of drug-likeness (QED) is 0.721. The summed E-state index contributed by atoms with van der Waals surface area (Å²) in [5, 5.41) is 1.99. The molecule has 2 rings (SSSR count). The second-order valence-corrected chi connectivity index (χ2v) is 5.55. The summed E-state index contributed by atoms with van der Waals surface area (Å²) in [5.74, 6) is -0.0881. The van der Waals surface area contributed by atoms with Gasteiger partial charge in [0.05, 0.1) is 23.8 Å². The van der Waals surface area contributed by atoms with Crippen molar-refractivity contribution in [3.63, 3.8) is 0 Å². The Labute approximate surface area is 153 Å². The van der Waals surface area contributed by atoms with E-state index >= 15 is 0 Å². The summed E-state index contributed by atoms with van der Waals surface area (Å²) >= 11 is 5.59. The fraction of sp³-hybridized carbons (Fsp3) is 0.278. The van der Waals surface area contributed by atoms with Crippen molar-refractivity contribution in [2.75, 3.05) is 18.5 Å². The lowest BCUT2D eigenvalue weighted by molar-refractivity contribution is -0.137. The normalized spacial score (nSPS) is 11.2. The van der Waals surface area contributed by atoms with E-state index in [0.717, 1.165) is 12.1 Å². The zero-order valence-electron chi connectivity index (χ0n) is 14.1. The summed E-state index contributed by atoms with van der Waals surface area (Å²) in [6.45, 7) is 4.14. The van der Waals surface area contributed by atoms with Gasteiger partial charge >= 0.3 is 6.18 Å². The van der Waals surface area contributed by atoms with E-state index in [1.165, 1.54) is 6.07 Å². The molecule has 0 aliphatic carbocycles. The number of halogens is 4. The molecule has 0 radical (unpaired) electrons. The van der Waals surface area contributed by atoms with Gasteiger partial charge in [0.1, 0.15) is 17.1 Å². The molecule has 2 aromatic rings. The Balaban J connectivity index is 2.39. The zero-order valence-corrected chi connectivity index (χ0v) is 14.9. The van der Waals surface area contributed by atoms with Crippen LogP contribution in [0.1, 0.15) is 29.8 Å². The number of carbonyl (C=O) groups is 1. The molecule has 0 saturated carbocycles. The fourth-order valence-electron chi connectivity index (χ4n) is 2.30. The molecule has 26 heavy (non-hydrogen) atoms. The molecule has 2 aromatic carbocycles. The summed E-state index contributed by atoms with van der Waals surface area (Å²) in [6.07, 6.45) is -4.63. The van der Waals surface area contributed by atoms with Gasteiger partial charge in [-0.1, -0.05) is 17.7 Å². The van der Waals surface area contributed by atoms with Gasteiger partial charge in [-0.25, -0.2) is 0 Å². The number of amides is 1. The van der Waals surface area contributed by atoms with E-state index in [4.69, 9.17) is 21.1 Å². The van der Waals surface area contributed by atoms with Crippen LogP contribution in [0.3, 0.4) is 0 Å². The molecule has 0 bridgehead atoms. The van der Waals surface area contributed by atoms with E-state index in [9.17, 15) is 18.0 Å². The number of ether oxygens (including phenoxy) is 2. The van der Waals surface area contributed by atoms with Crippen LogP contribution in [0, 0.1) is 0 Å². The number of hydrogen-bond acceptors (Lipinski definition) is 3. The van der Waals surface area contributed by atoms with Gasteiger partial charge in [0.25, 0.3) is 5.91 Å². The molecule has 0 atom stereocenters. The Morgan fingerprint density at radius 3 is 2.15 bits per heavy atom. The molecule has 1 amide bonds. The minimum atomic E-state index is -4.63. The molecule has 140 valence electrons. The summed E-state index contributed by atoms with van der Waals surface area (Å²) < 4.78 is 49.8. The molecule has 1 N–H and O–H groups in total. The molecule has 0 aliphatic rings. The minimum Gasteiger partial charge on any atom is -0.493 e. The van der Waals surface area contributed by atoms with Gasteiger partial charge in [-0.15, -0.1) is 0 Å². The highest BCUT2D eigenvalue weighted by Crippen LogP contribution is 2.36. The van der Waals surface area contributed by atoms with Crippen LogP contribution < -0.4 is 14.8 Å². The Morgan fingerprint density at radius 2 is 1.65 bits per heavy atom. The lowest BCUT2D eigenvalue weighted by Crippen LogP contribution is -2.16. The van der Waals surface area contributed by atoms with E-state index < -0.39 is 22.7 Å². The Morgan fingerprint density at radius 1 is 1.08 bits per heavy atom. The fourth-order valence-corrected chi connectivity index (χ4v) is 2.52. The van der Waals surface area contributed by atoms with Crippen molar-refractivity contribution in [3.8, 4) is 11.5 Å². The summed E-state index contributed by atoms with van der Waals surface area (Å²) in [5.41, 5.74) is -0.958.